The molecule has 66 heavy (non-hydrogen) atoms. The number of benzene rings is 10. The zero-order valence-corrected chi connectivity index (χ0v) is 38.2. The lowest BCUT2D eigenvalue weighted by Crippen LogP contribution is -2.33. The summed E-state index contributed by atoms with van der Waals surface area (Å²) in [6.45, 7) is 9.73. The summed E-state index contributed by atoms with van der Waals surface area (Å²) in [5.74, 6) is 0. The van der Waals surface area contributed by atoms with Gasteiger partial charge in [-0.3, -0.25) is 0 Å². The molecule has 0 spiro atoms. The second-order valence-electron chi connectivity index (χ2n) is 19.9. The number of fused-ring (bicyclic) bond motifs is 7. The minimum atomic E-state index is -0.549. The first-order valence-corrected chi connectivity index (χ1v) is 23.6. The van der Waals surface area contributed by atoms with Crippen LogP contribution >= 0.6 is 0 Å². The standard InChI is InChI=1S/C65H53N/c1-63(2)38-39-64(3,4)61-41-46(34-37-59(61)63)56-42-57-54-30-18-19-31-58(54)65(47-21-8-5-9-22-47,48-23-10-6-11-24-48)60(57)43-62(56)66(49-25-12-7-13-26-49)50-35-32-44(33-36-50)55-40-45-20-14-15-27-51(45)52-28-16-17-29-53(52)55/h5-37,40-43H,38-39H2,1-4H3. The number of hydrogen-bond acceptors (Lipinski definition) is 1. The van der Waals surface area contributed by atoms with Gasteiger partial charge in [-0.15, -0.1) is 0 Å². The third-order valence-corrected chi connectivity index (χ3v) is 15.2. The Kier molecular flexibility index (Phi) is 9.30. The molecule has 0 fully saturated rings. The lowest BCUT2D eigenvalue weighted by atomic mass is 9.63. The molecule has 0 radical (unpaired) electrons. The number of rotatable bonds is 7. The molecule has 0 aliphatic heterocycles. The van der Waals surface area contributed by atoms with Crippen LogP contribution in [-0.4, -0.2) is 0 Å². The predicted molar refractivity (Wildman–Crippen MR) is 280 cm³/mol. The summed E-state index contributed by atoms with van der Waals surface area (Å²) in [6, 6.07) is 84.2. The highest BCUT2D eigenvalue weighted by molar-refractivity contribution is 6.13. The largest absolute Gasteiger partial charge is 0.310 e. The van der Waals surface area contributed by atoms with Crippen molar-refractivity contribution in [3.63, 3.8) is 0 Å². The fourth-order valence-electron chi connectivity index (χ4n) is 11.7. The van der Waals surface area contributed by atoms with Crippen LogP contribution in [0.15, 0.2) is 224 Å². The van der Waals surface area contributed by atoms with E-state index in [2.05, 4.69) is 257 Å². The summed E-state index contributed by atoms with van der Waals surface area (Å²) < 4.78 is 0. The minimum absolute atomic E-state index is 0.0576. The van der Waals surface area contributed by atoms with Crippen LogP contribution in [0.3, 0.4) is 0 Å². The molecule has 0 N–H and O–H groups in total. The molecule has 0 saturated heterocycles. The summed E-state index contributed by atoms with van der Waals surface area (Å²) >= 11 is 0. The smallest absolute Gasteiger partial charge is 0.0714 e. The van der Waals surface area contributed by atoms with Crippen molar-refractivity contribution in [1.82, 2.24) is 0 Å². The molecular weight excluding hydrogens is 795 g/mol. The predicted octanol–water partition coefficient (Wildman–Crippen LogP) is 17.5. The van der Waals surface area contributed by atoms with Crippen molar-refractivity contribution in [1.29, 1.82) is 0 Å². The maximum Gasteiger partial charge on any atom is 0.0714 e. The van der Waals surface area contributed by atoms with Gasteiger partial charge >= 0.3 is 0 Å². The first kappa shape index (κ1) is 40.1. The van der Waals surface area contributed by atoms with Crippen molar-refractivity contribution < 1.29 is 0 Å². The molecule has 2 aliphatic rings. The van der Waals surface area contributed by atoms with Crippen molar-refractivity contribution in [2.75, 3.05) is 4.90 Å². The highest BCUT2D eigenvalue weighted by Gasteiger charge is 2.47. The van der Waals surface area contributed by atoms with Gasteiger partial charge in [0.2, 0.25) is 0 Å². The summed E-state index contributed by atoms with van der Waals surface area (Å²) in [5.41, 5.74) is 18.5. The van der Waals surface area contributed by atoms with E-state index in [9.17, 15) is 0 Å². The molecule has 0 unspecified atom stereocenters. The van der Waals surface area contributed by atoms with E-state index in [0.29, 0.717) is 0 Å². The van der Waals surface area contributed by atoms with Crippen LogP contribution in [0.2, 0.25) is 0 Å². The minimum Gasteiger partial charge on any atom is -0.310 e. The van der Waals surface area contributed by atoms with Gasteiger partial charge in [0, 0.05) is 16.9 Å². The van der Waals surface area contributed by atoms with Gasteiger partial charge in [0.1, 0.15) is 0 Å². The maximum absolute atomic E-state index is 2.55. The van der Waals surface area contributed by atoms with Gasteiger partial charge in [-0.25, -0.2) is 0 Å². The van der Waals surface area contributed by atoms with E-state index >= 15 is 0 Å². The molecule has 0 atom stereocenters. The van der Waals surface area contributed by atoms with Gasteiger partial charge in [-0.2, -0.15) is 0 Å². The Bertz CT molecular complexity index is 3410. The van der Waals surface area contributed by atoms with Crippen molar-refractivity contribution in [2.45, 2.75) is 56.8 Å². The van der Waals surface area contributed by atoms with E-state index in [4.69, 9.17) is 0 Å². The first-order chi connectivity index (χ1) is 32.2. The fourth-order valence-corrected chi connectivity index (χ4v) is 11.7. The lowest BCUT2D eigenvalue weighted by molar-refractivity contribution is 0.332. The van der Waals surface area contributed by atoms with Crippen molar-refractivity contribution in [3.05, 3.63) is 258 Å². The van der Waals surface area contributed by atoms with Crippen LogP contribution in [0.1, 0.15) is 73.9 Å². The highest BCUT2D eigenvalue weighted by atomic mass is 15.1. The Hall–Kier alpha value is -7.48. The van der Waals surface area contributed by atoms with E-state index in [-0.39, 0.29) is 10.8 Å². The second kappa shape index (κ2) is 15.3. The van der Waals surface area contributed by atoms with Gasteiger partial charge in [0.25, 0.3) is 0 Å². The van der Waals surface area contributed by atoms with Gasteiger partial charge in [-0.05, 0) is 149 Å². The van der Waals surface area contributed by atoms with E-state index < -0.39 is 5.41 Å². The Morgan fingerprint density at radius 2 is 0.879 bits per heavy atom. The van der Waals surface area contributed by atoms with E-state index in [1.165, 1.54) is 94.7 Å². The molecule has 10 aromatic carbocycles. The zero-order chi connectivity index (χ0) is 44.6. The van der Waals surface area contributed by atoms with Gasteiger partial charge in [-0.1, -0.05) is 210 Å². The van der Waals surface area contributed by atoms with Crippen molar-refractivity contribution >= 4 is 38.6 Å². The lowest BCUT2D eigenvalue weighted by Gasteiger charge is -2.42. The number of anilines is 3. The Morgan fingerprint density at radius 1 is 0.333 bits per heavy atom. The molecule has 12 rings (SSSR count). The fraction of sp³-hybridized carbons (Fsp3) is 0.138. The van der Waals surface area contributed by atoms with Crippen LogP contribution in [0.5, 0.6) is 0 Å². The van der Waals surface area contributed by atoms with Crippen molar-refractivity contribution in [3.8, 4) is 33.4 Å². The molecule has 10 aromatic rings. The van der Waals surface area contributed by atoms with Gasteiger partial charge in [0.15, 0.2) is 0 Å². The first-order valence-electron chi connectivity index (χ1n) is 23.6. The molecule has 0 heterocycles. The van der Waals surface area contributed by atoms with Crippen LogP contribution in [0.25, 0.3) is 54.9 Å². The summed E-state index contributed by atoms with van der Waals surface area (Å²) in [4.78, 5) is 2.51. The Labute approximate surface area is 389 Å². The molecule has 1 heteroatoms. The number of para-hydroxylation sites is 1. The Balaban J connectivity index is 1.15. The molecule has 0 bridgehead atoms. The molecule has 0 saturated carbocycles. The van der Waals surface area contributed by atoms with Crippen LogP contribution in [0.4, 0.5) is 17.1 Å². The molecular formula is C65H53N. The van der Waals surface area contributed by atoms with E-state index in [0.717, 1.165) is 23.5 Å². The van der Waals surface area contributed by atoms with Crippen LogP contribution in [-0.2, 0) is 16.2 Å². The van der Waals surface area contributed by atoms with Crippen molar-refractivity contribution in [2.24, 2.45) is 0 Å². The van der Waals surface area contributed by atoms with Gasteiger partial charge in [0.05, 0.1) is 11.1 Å². The van der Waals surface area contributed by atoms with Gasteiger partial charge < -0.3 is 4.90 Å². The molecule has 0 aromatic heterocycles. The normalized spacial score (nSPS) is 15.2. The average molecular weight is 848 g/mol. The topological polar surface area (TPSA) is 3.24 Å². The summed E-state index contributed by atoms with van der Waals surface area (Å²) in [6.07, 6.45) is 2.34. The monoisotopic (exact) mass is 847 g/mol. The quantitative estimate of drug-likeness (QED) is 0.144. The molecule has 318 valence electrons. The third kappa shape index (κ3) is 6.21. The summed E-state index contributed by atoms with van der Waals surface area (Å²) in [5, 5.41) is 5.08. The number of hydrogen-bond donors (Lipinski definition) is 0. The SMILES string of the molecule is CC1(C)CCC(C)(C)c2cc(-c3cc4c(cc3N(c3ccccc3)c3ccc(-c5cc6ccccc6c6ccccc56)cc3)C(c3ccccc3)(c3ccccc3)c3ccccc3-4)ccc21. The molecule has 0 amide bonds. The average Bonchev–Trinajstić information content (AvgIpc) is 3.66. The zero-order valence-electron chi connectivity index (χ0n) is 38.2. The second-order valence-corrected chi connectivity index (χ2v) is 19.9. The van der Waals surface area contributed by atoms with Crippen LogP contribution < -0.4 is 4.90 Å². The number of nitrogens with zero attached hydrogens (tertiary/aromatic N) is 1. The van der Waals surface area contributed by atoms with E-state index in [1.807, 2.05) is 0 Å². The van der Waals surface area contributed by atoms with E-state index in [1.54, 1.807) is 0 Å². The summed E-state index contributed by atoms with van der Waals surface area (Å²) in [7, 11) is 0. The Morgan fingerprint density at radius 3 is 1.58 bits per heavy atom. The maximum atomic E-state index is 2.55. The van der Waals surface area contributed by atoms with Crippen LogP contribution in [0, 0.1) is 0 Å². The molecule has 2 aliphatic carbocycles. The molecule has 1 nitrogen and oxygen atoms in total. The highest BCUT2D eigenvalue weighted by Crippen LogP contribution is 2.59. The third-order valence-electron chi connectivity index (χ3n) is 15.2.